The zero-order valence-electron chi connectivity index (χ0n) is 22.7. The summed E-state index contributed by atoms with van der Waals surface area (Å²) in [6.45, 7) is 9.13. The fourth-order valence-electron chi connectivity index (χ4n) is 5.09. The molecule has 0 saturated carbocycles. The van der Waals surface area contributed by atoms with Crippen LogP contribution in [0.25, 0.3) is 11.0 Å². The molecule has 1 aliphatic heterocycles. The number of imidazole rings is 1. The van der Waals surface area contributed by atoms with Crippen LogP contribution < -0.4 is 5.73 Å². The van der Waals surface area contributed by atoms with Crippen LogP contribution in [0.3, 0.4) is 0 Å². The molecule has 3 aromatic rings. The quantitative estimate of drug-likeness (QED) is 0.266. The largest absolute Gasteiger partial charge is 0.366 e. The molecule has 1 aromatic carbocycles. The first-order chi connectivity index (χ1) is 18.2. The van der Waals surface area contributed by atoms with Crippen LogP contribution in [0.5, 0.6) is 0 Å². The average Bonchev–Trinajstić information content (AvgIpc) is 3.57. The van der Waals surface area contributed by atoms with Gasteiger partial charge in [0.2, 0.25) is 5.91 Å². The highest BCUT2D eigenvalue weighted by molar-refractivity contribution is 6.08. The Hall–Kier alpha value is -3.88. The van der Waals surface area contributed by atoms with E-state index in [0.717, 1.165) is 48.2 Å². The fraction of sp³-hybridized carbons (Fsp3) is 0.448. The van der Waals surface area contributed by atoms with Gasteiger partial charge < -0.3 is 10.3 Å². The van der Waals surface area contributed by atoms with Gasteiger partial charge in [0.15, 0.2) is 11.6 Å². The normalized spacial score (nSPS) is 15.1. The Morgan fingerprint density at radius 2 is 1.82 bits per heavy atom. The number of rotatable bonds is 13. The van der Waals surface area contributed by atoms with Crippen molar-refractivity contribution in [3.05, 3.63) is 58.7 Å². The lowest BCUT2D eigenvalue weighted by atomic mass is 10.00. The van der Waals surface area contributed by atoms with Crippen LogP contribution in [0.4, 0.5) is 0 Å². The molecule has 2 aromatic heterocycles. The number of amides is 1. The first-order valence-electron chi connectivity index (χ1n) is 13.4. The lowest BCUT2D eigenvalue weighted by Gasteiger charge is -2.12. The summed E-state index contributed by atoms with van der Waals surface area (Å²) >= 11 is 0. The molecular formula is C29H36N6O3. The summed E-state index contributed by atoms with van der Waals surface area (Å²) in [5.41, 5.74) is 10.5. The number of nitrogens with two attached hydrogens (primary N) is 1. The molecule has 1 aliphatic rings. The lowest BCUT2D eigenvalue weighted by molar-refractivity contribution is -0.115. The van der Waals surface area contributed by atoms with Crippen molar-refractivity contribution in [2.45, 2.75) is 85.4 Å². The maximum atomic E-state index is 13.3. The second-order valence-corrected chi connectivity index (χ2v) is 9.86. The van der Waals surface area contributed by atoms with Crippen molar-refractivity contribution in [1.82, 2.24) is 19.3 Å². The Morgan fingerprint density at radius 1 is 1.03 bits per heavy atom. The molecule has 1 atom stereocenters. The van der Waals surface area contributed by atoms with Crippen LogP contribution in [0.15, 0.2) is 40.9 Å². The van der Waals surface area contributed by atoms with E-state index >= 15 is 0 Å². The molecule has 3 heterocycles. The van der Waals surface area contributed by atoms with Gasteiger partial charge in [0.05, 0.1) is 29.2 Å². The summed E-state index contributed by atoms with van der Waals surface area (Å²) in [5.74, 6) is 0.263. The van der Waals surface area contributed by atoms with Crippen molar-refractivity contribution >= 4 is 34.2 Å². The Kier molecular flexibility index (Phi) is 8.34. The van der Waals surface area contributed by atoms with Crippen LogP contribution >= 0.6 is 0 Å². The van der Waals surface area contributed by atoms with E-state index in [1.54, 1.807) is 16.8 Å². The smallest absolute Gasteiger partial charge is 0.248 e. The third-order valence-electron chi connectivity index (χ3n) is 6.99. The van der Waals surface area contributed by atoms with Crippen molar-refractivity contribution in [3.8, 4) is 0 Å². The second kappa shape index (κ2) is 11.7. The summed E-state index contributed by atoms with van der Waals surface area (Å²) in [4.78, 5) is 47.0. The molecule has 0 saturated heterocycles. The molecule has 0 radical (unpaired) electrons. The van der Waals surface area contributed by atoms with Crippen LogP contribution in [0, 0.1) is 6.92 Å². The second-order valence-electron chi connectivity index (χ2n) is 9.86. The number of allylic oxidation sites excluding steroid dienone is 1. The van der Waals surface area contributed by atoms with Crippen LogP contribution in [-0.4, -0.2) is 48.6 Å². The molecule has 0 aliphatic carbocycles. The molecule has 0 fully saturated rings. The molecule has 1 unspecified atom stereocenters. The van der Waals surface area contributed by atoms with E-state index in [1.807, 2.05) is 45.9 Å². The van der Waals surface area contributed by atoms with E-state index in [4.69, 9.17) is 10.7 Å². The molecule has 200 valence electrons. The van der Waals surface area contributed by atoms with E-state index < -0.39 is 5.91 Å². The zero-order chi connectivity index (χ0) is 27.4. The van der Waals surface area contributed by atoms with Gasteiger partial charge in [-0.05, 0) is 70.4 Å². The van der Waals surface area contributed by atoms with Gasteiger partial charge in [-0.3, -0.25) is 24.1 Å². The number of ketones is 2. The fourth-order valence-corrected chi connectivity index (χ4v) is 5.09. The molecule has 0 spiro atoms. The molecule has 38 heavy (non-hydrogen) atoms. The van der Waals surface area contributed by atoms with Crippen molar-refractivity contribution in [2.24, 2.45) is 10.7 Å². The van der Waals surface area contributed by atoms with Crippen molar-refractivity contribution in [2.75, 3.05) is 0 Å². The van der Waals surface area contributed by atoms with Gasteiger partial charge >= 0.3 is 0 Å². The third-order valence-corrected chi connectivity index (χ3v) is 6.99. The predicted molar refractivity (Wildman–Crippen MR) is 148 cm³/mol. The van der Waals surface area contributed by atoms with E-state index in [9.17, 15) is 14.4 Å². The Morgan fingerprint density at radius 3 is 2.53 bits per heavy atom. The topological polar surface area (TPSA) is 125 Å². The first-order valence-corrected chi connectivity index (χ1v) is 13.4. The number of primary amides is 1. The minimum Gasteiger partial charge on any atom is -0.366 e. The number of benzene rings is 1. The number of aryl methyl sites for hydroxylation is 3. The minimum absolute atomic E-state index is 0.0116. The molecule has 9 nitrogen and oxygen atoms in total. The number of unbranched alkanes of at least 4 members (excludes halogenated alkanes) is 2. The standard InChI is InChI=1S/C29H36N6O3/c1-5-22-21(14-18(3)31-22)27(37)17-28-32-23-16-20(29(30)38)11-12-24(23)34(28)13-9-7-8-10-26(36)25-15-19(4)33-35(25)6-2/h11-12,14-16,22H,5-10,13,17H2,1-4H3,(H2,30,38). The summed E-state index contributed by atoms with van der Waals surface area (Å²) in [6.07, 6.45) is 5.71. The lowest BCUT2D eigenvalue weighted by Crippen LogP contribution is -2.18. The molecule has 2 N–H and O–H groups in total. The van der Waals surface area contributed by atoms with Crippen LogP contribution in [0.2, 0.25) is 0 Å². The highest BCUT2D eigenvalue weighted by Crippen LogP contribution is 2.24. The Labute approximate surface area is 222 Å². The van der Waals surface area contributed by atoms with Gasteiger partial charge in [-0.1, -0.05) is 13.3 Å². The van der Waals surface area contributed by atoms with Gasteiger partial charge in [0, 0.05) is 36.4 Å². The highest BCUT2D eigenvalue weighted by atomic mass is 16.1. The van der Waals surface area contributed by atoms with Gasteiger partial charge in [0.25, 0.3) is 0 Å². The summed E-state index contributed by atoms with van der Waals surface area (Å²) in [7, 11) is 0. The number of aromatic nitrogens is 4. The van der Waals surface area contributed by atoms with Crippen molar-refractivity contribution < 1.29 is 14.4 Å². The monoisotopic (exact) mass is 516 g/mol. The minimum atomic E-state index is -0.516. The molecular weight excluding hydrogens is 480 g/mol. The molecule has 1 amide bonds. The number of hydrogen-bond donors (Lipinski definition) is 1. The van der Waals surface area contributed by atoms with E-state index in [0.29, 0.717) is 42.1 Å². The van der Waals surface area contributed by atoms with E-state index in [1.165, 1.54) is 0 Å². The van der Waals surface area contributed by atoms with E-state index in [2.05, 4.69) is 14.7 Å². The summed E-state index contributed by atoms with van der Waals surface area (Å²) < 4.78 is 3.81. The van der Waals surface area contributed by atoms with Crippen LogP contribution in [-0.2, 0) is 24.3 Å². The highest BCUT2D eigenvalue weighted by Gasteiger charge is 2.25. The van der Waals surface area contributed by atoms with Gasteiger partial charge in [0.1, 0.15) is 11.5 Å². The number of carbonyl (C=O) groups excluding carboxylic acids is 3. The molecule has 0 bridgehead atoms. The maximum Gasteiger partial charge on any atom is 0.248 e. The van der Waals surface area contributed by atoms with Crippen LogP contribution in [0.1, 0.15) is 85.2 Å². The zero-order valence-corrected chi connectivity index (χ0v) is 22.7. The Bertz CT molecular complexity index is 1440. The third kappa shape index (κ3) is 5.82. The SMILES string of the molecule is CCC1N=C(C)C=C1C(=O)Cc1nc2cc(C(N)=O)ccc2n1CCCCCC(=O)c1cc(C)nn1CC. The molecule has 4 rings (SSSR count). The van der Waals surface area contributed by atoms with Gasteiger partial charge in [-0.25, -0.2) is 4.98 Å². The van der Waals surface area contributed by atoms with Gasteiger partial charge in [-0.2, -0.15) is 5.10 Å². The van der Waals surface area contributed by atoms with Gasteiger partial charge in [-0.15, -0.1) is 0 Å². The number of Topliss-reactive ketones (excluding diaryl/α,β-unsaturated/α-hetero) is 2. The van der Waals surface area contributed by atoms with Crippen molar-refractivity contribution in [1.29, 1.82) is 0 Å². The maximum absolute atomic E-state index is 13.3. The average molecular weight is 517 g/mol. The van der Waals surface area contributed by atoms with E-state index in [-0.39, 0.29) is 24.0 Å². The van der Waals surface area contributed by atoms with Crippen molar-refractivity contribution in [3.63, 3.8) is 0 Å². The number of carbonyl (C=O) groups is 3. The number of fused-ring (bicyclic) bond motifs is 1. The predicted octanol–water partition coefficient (Wildman–Crippen LogP) is 4.39. The summed E-state index contributed by atoms with van der Waals surface area (Å²) in [5, 5.41) is 4.37. The first kappa shape index (κ1) is 27.2. The number of hydrogen-bond acceptors (Lipinski definition) is 6. The Balaban J connectivity index is 1.46. The summed E-state index contributed by atoms with van der Waals surface area (Å²) in [6, 6.07) is 6.95. The number of aliphatic imine (C=N–C) groups is 1. The molecule has 9 heteroatoms. The number of nitrogens with zero attached hydrogens (tertiary/aromatic N) is 5.